The first kappa shape index (κ1) is 14.9. The van der Waals surface area contributed by atoms with Gasteiger partial charge in [-0.25, -0.2) is 4.68 Å². The number of methoxy groups -OCH3 is 1. The largest absolute Gasteiger partial charge is 0.394 e. The maximum atomic E-state index is 11.8. The second-order valence-corrected chi connectivity index (χ2v) is 3.99. The van der Waals surface area contributed by atoms with E-state index in [1.165, 1.54) is 18.0 Å². The summed E-state index contributed by atoms with van der Waals surface area (Å²) >= 11 is 5.88. The molecular formula is C10H16ClN3O4. The van der Waals surface area contributed by atoms with Crippen molar-refractivity contribution in [1.29, 1.82) is 0 Å². The van der Waals surface area contributed by atoms with Crippen LogP contribution in [0.25, 0.3) is 0 Å². The highest BCUT2D eigenvalue weighted by Crippen LogP contribution is 2.14. The Morgan fingerprint density at radius 1 is 1.67 bits per heavy atom. The molecule has 0 radical (unpaired) electrons. The number of aliphatic hydroxyl groups excluding tert-OH is 2. The van der Waals surface area contributed by atoms with E-state index in [2.05, 4.69) is 10.4 Å². The maximum Gasteiger partial charge on any atom is 0.287 e. The summed E-state index contributed by atoms with van der Waals surface area (Å²) in [6.45, 7) is 0.385. The van der Waals surface area contributed by atoms with Gasteiger partial charge < -0.3 is 20.3 Å². The van der Waals surface area contributed by atoms with Crippen LogP contribution in [0.3, 0.4) is 0 Å². The Balaban J connectivity index is 2.77. The minimum absolute atomic E-state index is 0.00811. The Morgan fingerprint density at radius 2 is 2.39 bits per heavy atom. The van der Waals surface area contributed by atoms with Gasteiger partial charge in [-0.05, 0) is 0 Å². The Morgan fingerprint density at radius 3 is 3.00 bits per heavy atom. The van der Waals surface area contributed by atoms with Gasteiger partial charge in [0.1, 0.15) is 5.02 Å². The number of rotatable bonds is 7. The van der Waals surface area contributed by atoms with Gasteiger partial charge in [0.2, 0.25) is 0 Å². The highest BCUT2D eigenvalue weighted by molar-refractivity contribution is 6.32. The van der Waals surface area contributed by atoms with Gasteiger partial charge in [-0.15, -0.1) is 0 Å². The zero-order valence-corrected chi connectivity index (χ0v) is 10.7. The summed E-state index contributed by atoms with van der Waals surface area (Å²) in [5.74, 6) is 0. The zero-order valence-electron chi connectivity index (χ0n) is 9.97. The van der Waals surface area contributed by atoms with Crippen LogP contribution in [-0.2, 0) is 11.3 Å². The number of hydrogen-bond acceptors (Lipinski definition) is 6. The van der Waals surface area contributed by atoms with Crippen molar-refractivity contribution in [3.05, 3.63) is 21.6 Å². The molecule has 1 atom stereocenters. The predicted octanol–water partition coefficient (Wildman–Crippen LogP) is -0.692. The molecule has 0 bridgehead atoms. The molecule has 0 aliphatic heterocycles. The smallest absolute Gasteiger partial charge is 0.287 e. The molecule has 0 saturated carbocycles. The lowest BCUT2D eigenvalue weighted by Gasteiger charge is -2.12. The standard InChI is InChI=1S/C10H16ClN3O4/c1-18-3-2-14-10(17)9(11)8(5-13-14)12-4-7(16)6-15/h5,7,12,15-16H,2-4,6H2,1H3. The van der Waals surface area contributed by atoms with E-state index in [0.29, 0.717) is 18.8 Å². The molecular weight excluding hydrogens is 262 g/mol. The van der Waals surface area contributed by atoms with Crippen molar-refractivity contribution in [3.63, 3.8) is 0 Å². The van der Waals surface area contributed by atoms with Crippen molar-refractivity contribution in [2.75, 3.05) is 32.2 Å². The highest BCUT2D eigenvalue weighted by atomic mass is 35.5. The average Bonchev–Trinajstić information content (AvgIpc) is 2.39. The van der Waals surface area contributed by atoms with Gasteiger partial charge >= 0.3 is 0 Å². The monoisotopic (exact) mass is 277 g/mol. The van der Waals surface area contributed by atoms with Crippen LogP contribution in [0.5, 0.6) is 0 Å². The SMILES string of the molecule is COCCn1ncc(NCC(O)CO)c(Cl)c1=O. The van der Waals surface area contributed by atoms with E-state index < -0.39 is 11.7 Å². The first-order valence-electron chi connectivity index (χ1n) is 5.37. The molecule has 1 heterocycles. The van der Waals surface area contributed by atoms with Gasteiger partial charge in [0.25, 0.3) is 5.56 Å². The van der Waals surface area contributed by atoms with Crippen molar-refractivity contribution in [1.82, 2.24) is 9.78 Å². The highest BCUT2D eigenvalue weighted by Gasteiger charge is 2.10. The molecule has 0 aromatic carbocycles. The number of hydrogen-bond donors (Lipinski definition) is 3. The molecule has 0 aliphatic rings. The van der Waals surface area contributed by atoms with Gasteiger partial charge in [0.05, 0.1) is 37.7 Å². The molecule has 0 saturated heterocycles. The third-order valence-electron chi connectivity index (χ3n) is 2.23. The van der Waals surface area contributed by atoms with Crippen LogP contribution in [0.2, 0.25) is 5.02 Å². The number of nitrogens with one attached hydrogen (secondary N) is 1. The lowest BCUT2D eigenvalue weighted by molar-refractivity contribution is 0.105. The quantitative estimate of drug-likeness (QED) is 0.610. The van der Waals surface area contributed by atoms with E-state index in [-0.39, 0.29) is 18.2 Å². The lowest BCUT2D eigenvalue weighted by atomic mass is 10.3. The molecule has 1 unspecified atom stereocenters. The van der Waals surface area contributed by atoms with Crippen molar-refractivity contribution < 1.29 is 14.9 Å². The summed E-state index contributed by atoms with van der Waals surface area (Å²) in [6, 6.07) is 0. The van der Waals surface area contributed by atoms with Crippen LogP contribution in [0.1, 0.15) is 0 Å². The van der Waals surface area contributed by atoms with Crippen LogP contribution < -0.4 is 10.9 Å². The second kappa shape index (κ2) is 7.32. The number of ether oxygens (including phenoxy) is 1. The number of aliphatic hydroxyl groups is 2. The molecule has 102 valence electrons. The lowest BCUT2D eigenvalue weighted by Crippen LogP contribution is -2.28. The van der Waals surface area contributed by atoms with Crippen molar-refractivity contribution in [3.8, 4) is 0 Å². The Hall–Kier alpha value is -1.15. The molecule has 18 heavy (non-hydrogen) atoms. The number of aromatic nitrogens is 2. The van der Waals surface area contributed by atoms with Gasteiger partial charge in [0.15, 0.2) is 0 Å². The van der Waals surface area contributed by atoms with Crippen LogP contribution in [0.15, 0.2) is 11.0 Å². The maximum absolute atomic E-state index is 11.8. The summed E-state index contributed by atoms with van der Waals surface area (Å²) < 4.78 is 6.04. The van der Waals surface area contributed by atoms with Crippen molar-refractivity contribution in [2.24, 2.45) is 0 Å². The normalized spacial score (nSPS) is 12.4. The molecule has 8 heteroatoms. The van der Waals surface area contributed by atoms with E-state index in [4.69, 9.17) is 21.4 Å². The first-order chi connectivity index (χ1) is 8.60. The fourth-order valence-corrected chi connectivity index (χ4v) is 1.43. The first-order valence-corrected chi connectivity index (χ1v) is 5.75. The molecule has 0 amide bonds. The van der Waals surface area contributed by atoms with Gasteiger partial charge in [-0.3, -0.25) is 4.79 Å². The Kier molecular flexibility index (Phi) is 6.06. The molecule has 0 aliphatic carbocycles. The summed E-state index contributed by atoms with van der Waals surface area (Å²) in [5, 5.41) is 24.5. The Labute approximate surface area is 109 Å². The number of anilines is 1. The number of nitrogens with zero attached hydrogens (tertiary/aromatic N) is 2. The van der Waals surface area contributed by atoms with Crippen LogP contribution >= 0.6 is 11.6 Å². The predicted molar refractivity (Wildman–Crippen MR) is 67.0 cm³/mol. The minimum Gasteiger partial charge on any atom is -0.394 e. The summed E-state index contributed by atoms with van der Waals surface area (Å²) in [6.07, 6.45) is 0.473. The topological polar surface area (TPSA) is 96.6 Å². The number of halogens is 1. The van der Waals surface area contributed by atoms with E-state index in [0.717, 1.165) is 0 Å². The van der Waals surface area contributed by atoms with Crippen LogP contribution in [0, 0.1) is 0 Å². The molecule has 1 aromatic rings. The van der Waals surface area contributed by atoms with Crippen molar-refractivity contribution in [2.45, 2.75) is 12.6 Å². The summed E-state index contributed by atoms with van der Waals surface area (Å²) in [4.78, 5) is 11.8. The molecule has 7 nitrogen and oxygen atoms in total. The van der Waals surface area contributed by atoms with Crippen LogP contribution in [-0.4, -0.2) is 53.0 Å². The van der Waals surface area contributed by atoms with Crippen molar-refractivity contribution >= 4 is 17.3 Å². The molecule has 0 spiro atoms. The summed E-state index contributed by atoms with van der Waals surface area (Å²) in [7, 11) is 1.53. The fourth-order valence-electron chi connectivity index (χ4n) is 1.22. The summed E-state index contributed by atoms with van der Waals surface area (Å²) in [5.41, 5.74) is -0.111. The minimum atomic E-state index is -0.919. The van der Waals surface area contributed by atoms with E-state index in [9.17, 15) is 9.90 Å². The van der Waals surface area contributed by atoms with Gasteiger partial charge in [-0.1, -0.05) is 11.6 Å². The van der Waals surface area contributed by atoms with Crippen LogP contribution in [0.4, 0.5) is 5.69 Å². The molecule has 3 N–H and O–H groups in total. The van der Waals surface area contributed by atoms with E-state index in [1.54, 1.807) is 0 Å². The van der Waals surface area contributed by atoms with E-state index >= 15 is 0 Å². The Bertz CT molecular complexity index is 438. The second-order valence-electron chi connectivity index (χ2n) is 3.61. The van der Waals surface area contributed by atoms with Gasteiger partial charge in [0, 0.05) is 13.7 Å². The van der Waals surface area contributed by atoms with E-state index in [1.807, 2.05) is 0 Å². The van der Waals surface area contributed by atoms with Gasteiger partial charge in [-0.2, -0.15) is 5.10 Å². The third-order valence-corrected chi connectivity index (χ3v) is 2.60. The third kappa shape index (κ3) is 3.95. The zero-order chi connectivity index (χ0) is 13.5. The molecule has 1 rings (SSSR count). The fraction of sp³-hybridized carbons (Fsp3) is 0.600. The molecule has 0 fully saturated rings. The average molecular weight is 278 g/mol. The molecule has 1 aromatic heterocycles.